The third-order valence-corrected chi connectivity index (χ3v) is 2.86. The lowest BCUT2D eigenvalue weighted by Gasteiger charge is -2.04. The van der Waals surface area contributed by atoms with Crippen molar-refractivity contribution in [2.24, 2.45) is 0 Å². The highest BCUT2D eigenvalue weighted by molar-refractivity contribution is 5.84. The summed E-state index contributed by atoms with van der Waals surface area (Å²) < 4.78 is 12.9. The highest BCUT2D eigenvalue weighted by Gasteiger charge is 2.02. The molecule has 1 aromatic heterocycles. The van der Waals surface area contributed by atoms with Crippen LogP contribution >= 0.6 is 0 Å². The molecule has 18 heavy (non-hydrogen) atoms. The Kier molecular flexibility index (Phi) is 2.45. The van der Waals surface area contributed by atoms with Gasteiger partial charge >= 0.3 is 0 Å². The standard InChI is InChI=1S/C15H11FN2/c16-12-5-1-10(2-6-12)14-8-4-11-3-7-13(17)9-15(11)18-14/h1-9H,17H2. The van der Waals surface area contributed by atoms with Crippen LogP contribution in [0.3, 0.4) is 0 Å². The summed E-state index contributed by atoms with van der Waals surface area (Å²) in [7, 11) is 0. The predicted octanol–water partition coefficient (Wildman–Crippen LogP) is 3.62. The molecule has 0 saturated heterocycles. The summed E-state index contributed by atoms with van der Waals surface area (Å²) in [5.74, 6) is -0.246. The smallest absolute Gasteiger partial charge is 0.123 e. The van der Waals surface area contributed by atoms with E-state index in [4.69, 9.17) is 5.73 Å². The van der Waals surface area contributed by atoms with Crippen molar-refractivity contribution in [3.8, 4) is 11.3 Å². The molecule has 3 rings (SSSR count). The number of hydrogen-bond acceptors (Lipinski definition) is 2. The van der Waals surface area contributed by atoms with Gasteiger partial charge in [0.2, 0.25) is 0 Å². The van der Waals surface area contributed by atoms with E-state index in [0.29, 0.717) is 5.69 Å². The van der Waals surface area contributed by atoms with Crippen LogP contribution in [0.5, 0.6) is 0 Å². The number of fused-ring (bicyclic) bond motifs is 1. The van der Waals surface area contributed by atoms with E-state index >= 15 is 0 Å². The molecule has 0 aliphatic rings. The van der Waals surface area contributed by atoms with Gasteiger partial charge in [-0.2, -0.15) is 0 Å². The van der Waals surface area contributed by atoms with Gasteiger partial charge in [-0.15, -0.1) is 0 Å². The Morgan fingerprint density at radius 3 is 2.39 bits per heavy atom. The highest BCUT2D eigenvalue weighted by Crippen LogP contribution is 2.22. The molecule has 0 fully saturated rings. The molecular weight excluding hydrogens is 227 g/mol. The minimum atomic E-state index is -0.246. The van der Waals surface area contributed by atoms with Crippen LogP contribution in [0.25, 0.3) is 22.2 Å². The SMILES string of the molecule is Nc1ccc2ccc(-c3ccc(F)cc3)nc2c1. The second kappa shape index (κ2) is 4.11. The summed E-state index contributed by atoms with van der Waals surface area (Å²) in [4.78, 5) is 4.53. The molecule has 0 radical (unpaired) electrons. The van der Waals surface area contributed by atoms with Gasteiger partial charge in [0.15, 0.2) is 0 Å². The number of nitrogen functional groups attached to an aromatic ring is 1. The fourth-order valence-electron chi connectivity index (χ4n) is 1.92. The van der Waals surface area contributed by atoms with Crippen molar-refractivity contribution >= 4 is 16.6 Å². The van der Waals surface area contributed by atoms with Crippen LogP contribution in [-0.4, -0.2) is 4.98 Å². The van der Waals surface area contributed by atoms with Crippen LogP contribution in [0, 0.1) is 5.82 Å². The molecule has 2 N–H and O–H groups in total. The summed E-state index contributed by atoms with van der Waals surface area (Å²) in [5.41, 5.74) is 8.98. The first-order valence-corrected chi connectivity index (χ1v) is 5.64. The van der Waals surface area contributed by atoms with E-state index < -0.39 is 0 Å². The molecule has 0 bridgehead atoms. The van der Waals surface area contributed by atoms with Crippen molar-refractivity contribution in [3.05, 3.63) is 60.4 Å². The van der Waals surface area contributed by atoms with Crippen molar-refractivity contribution in [2.75, 3.05) is 5.73 Å². The van der Waals surface area contributed by atoms with Crippen LogP contribution < -0.4 is 5.73 Å². The maximum Gasteiger partial charge on any atom is 0.123 e. The lowest BCUT2D eigenvalue weighted by molar-refractivity contribution is 0.628. The second-order valence-electron chi connectivity index (χ2n) is 4.16. The fourth-order valence-corrected chi connectivity index (χ4v) is 1.92. The molecule has 0 saturated carbocycles. The first-order valence-electron chi connectivity index (χ1n) is 5.64. The zero-order valence-corrected chi connectivity index (χ0v) is 9.60. The molecule has 0 unspecified atom stereocenters. The first kappa shape index (κ1) is 10.7. The van der Waals surface area contributed by atoms with Gasteiger partial charge in [-0.05, 0) is 42.5 Å². The Balaban J connectivity index is 2.15. The summed E-state index contributed by atoms with van der Waals surface area (Å²) in [6.07, 6.45) is 0. The van der Waals surface area contributed by atoms with Crippen LogP contribution in [0.15, 0.2) is 54.6 Å². The number of hydrogen-bond donors (Lipinski definition) is 1. The predicted molar refractivity (Wildman–Crippen MR) is 71.5 cm³/mol. The minimum Gasteiger partial charge on any atom is -0.399 e. The summed E-state index contributed by atoms with van der Waals surface area (Å²) in [5, 5.41) is 1.04. The quantitative estimate of drug-likeness (QED) is 0.657. The Morgan fingerprint density at radius 1 is 0.889 bits per heavy atom. The van der Waals surface area contributed by atoms with Crippen molar-refractivity contribution < 1.29 is 4.39 Å². The second-order valence-corrected chi connectivity index (χ2v) is 4.16. The van der Waals surface area contributed by atoms with Gasteiger partial charge in [-0.1, -0.05) is 12.1 Å². The third-order valence-electron chi connectivity index (χ3n) is 2.86. The molecule has 0 aliphatic carbocycles. The van der Waals surface area contributed by atoms with E-state index in [9.17, 15) is 4.39 Å². The molecular formula is C15H11FN2. The van der Waals surface area contributed by atoms with Gasteiger partial charge in [0, 0.05) is 16.6 Å². The van der Waals surface area contributed by atoms with Crippen LogP contribution in [-0.2, 0) is 0 Å². The van der Waals surface area contributed by atoms with E-state index in [1.54, 1.807) is 12.1 Å². The molecule has 2 aromatic carbocycles. The van der Waals surface area contributed by atoms with E-state index in [1.807, 2.05) is 30.3 Å². The first-order chi connectivity index (χ1) is 8.72. The zero-order chi connectivity index (χ0) is 12.5. The third kappa shape index (κ3) is 1.91. The number of halogens is 1. The molecule has 2 nitrogen and oxygen atoms in total. The number of nitrogens with zero attached hydrogens (tertiary/aromatic N) is 1. The maximum atomic E-state index is 12.9. The average molecular weight is 238 g/mol. The Hall–Kier alpha value is -2.42. The van der Waals surface area contributed by atoms with E-state index in [0.717, 1.165) is 22.2 Å². The topological polar surface area (TPSA) is 38.9 Å². The summed E-state index contributed by atoms with van der Waals surface area (Å²) in [6.45, 7) is 0. The van der Waals surface area contributed by atoms with E-state index in [-0.39, 0.29) is 5.82 Å². The van der Waals surface area contributed by atoms with Gasteiger partial charge in [-0.25, -0.2) is 9.37 Å². The van der Waals surface area contributed by atoms with Crippen molar-refractivity contribution in [2.45, 2.75) is 0 Å². The molecule has 3 heteroatoms. The molecule has 0 atom stereocenters. The van der Waals surface area contributed by atoms with Gasteiger partial charge in [-0.3, -0.25) is 0 Å². The maximum absolute atomic E-state index is 12.9. The molecule has 0 spiro atoms. The Bertz CT molecular complexity index is 705. The van der Waals surface area contributed by atoms with Crippen molar-refractivity contribution in [1.82, 2.24) is 4.98 Å². The average Bonchev–Trinajstić information content (AvgIpc) is 2.38. The molecule has 0 amide bonds. The highest BCUT2D eigenvalue weighted by atomic mass is 19.1. The van der Waals surface area contributed by atoms with Crippen molar-refractivity contribution in [1.29, 1.82) is 0 Å². The lowest BCUT2D eigenvalue weighted by atomic mass is 10.1. The number of anilines is 1. The number of pyridine rings is 1. The molecule has 3 aromatic rings. The Morgan fingerprint density at radius 2 is 1.61 bits per heavy atom. The zero-order valence-electron chi connectivity index (χ0n) is 9.60. The minimum absolute atomic E-state index is 0.246. The van der Waals surface area contributed by atoms with Crippen molar-refractivity contribution in [3.63, 3.8) is 0 Å². The van der Waals surface area contributed by atoms with Crippen LogP contribution in [0.2, 0.25) is 0 Å². The molecule has 1 heterocycles. The van der Waals surface area contributed by atoms with Gasteiger partial charge in [0.1, 0.15) is 5.82 Å². The normalized spacial score (nSPS) is 10.7. The summed E-state index contributed by atoms with van der Waals surface area (Å²) >= 11 is 0. The van der Waals surface area contributed by atoms with Gasteiger partial charge in [0.25, 0.3) is 0 Å². The number of aromatic nitrogens is 1. The number of nitrogens with two attached hydrogens (primary N) is 1. The number of rotatable bonds is 1. The van der Waals surface area contributed by atoms with Crippen LogP contribution in [0.4, 0.5) is 10.1 Å². The number of benzene rings is 2. The lowest BCUT2D eigenvalue weighted by Crippen LogP contribution is -1.88. The fraction of sp³-hybridized carbons (Fsp3) is 0. The summed E-state index contributed by atoms with van der Waals surface area (Å²) in [6, 6.07) is 15.8. The molecule has 88 valence electrons. The largest absolute Gasteiger partial charge is 0.399 e. The van der Waals surface area contributed by atoms with E-state index in [1.165, 1.54) is 12.1 Å². The van der Waals surface area contributed by atoms with Crippen LogP contribution in [0.1, 0.15) is 0 Å². The Labute approximate surface area is 104 Å². The monoisotopic (exact) mass is 238 g/mol. The van der Waals surface area contributed by atoms with Gasteiger partial charge in [0.05, 0.1) is 11.2 Å². The van der Waals surface area contributed by atoms with Gasteiger partial charge < -0.3 is 5.73 Å². The van der Waals surface area contributed by atoms with E-state index in [2.05, 4.69) is 4.98 Å². The molecule has 0 aliphatic heterocycles.